The van der Waals surface area contributed by atoms with Crippen LogP contribution in [0, 0.1) is 19.7 Å². The number of rotatable bonds is 0. The molecule has 0 atom stereocenters. The zero-order valence-electron chi connectivity index (χ0n) is 7.89. The van der Waals surface area contributed by atoms with Crippen molar-refractivity contribution < 1.29 is 4.39 Å². The molecule has 0 radical (unpaired) electrons. The normalized spacial score (nSPS) is 10.8. The number of H-pyrrole nitrogens is 1. The minimum absolute atomic E-state index is 0.224. The maximum absolute atomic E-state index is 13.2. The first-order valence-electron chi connectivity index (χ1n) is 4.25. The molecule has 2 aromatic rings. The molecule has 0 saturated carbocycles. The van der Waals surface area contributed by atoms with Crippen molar-refractivity contribution in [1.82, 2.24) is 10.2 Å². The Morgan fingerprint density at radius 3 is 2.79 bits per heavy atom. The molecule has 1 heterocycles. The van der Waals surface area contributed by atoms with Crippen LogP contribution < -0.4 is 5.43 Å². The van der Waals surface area contributed by atoms with E-state index in [0.717, 1.165) is 0 Å². The number of hydrogen-bond acceptors (Lipinski definition) is 2. The Morgan fingerprint density at radius 2 is 2.07 bits per heavy atom. The lowest BCUT2D eigenvalue weighted by molar-refractivity contribution is 0.620. The maximum atomic E-state index is 13.2. The second kappa shape index (κ2) is 2.90. The molecule has 0 aliphatic rings. The average Bonchev–Trinajstić information content (AvgIpc) is 2.15. The van der Waals surface area contributed by atoms with E-state index in [4.69, 9.17) is 0 Å². The van der Waals surface area contributed by atoms with Gasteiger partial charge < -0.3 is 0 Å². The number of aromatic nitrogens is 2. The first kappa shape index (κ1) is 8.87. The number of halogens is 1. The summed E-state index contributed by atoms with van der Waals surface area (Å²) in [5.74, 6) is -0.367. The second-order valence-electron chi connectivity index (χ2n) is 3.29. The van der Waals surface area contributed by atoms with Gasteiger partial charge in [-0.2, -0.15) is 5.10 Å². The van der Waals surface area contributed by atoms with E-state index in [1.54, 1.807) is 19.9 Å². The fraction of sp³-hybridized carbons (Fsp3) is 0.200. The minimum atomic E-state index is -0.367. The third-order valence-corrected chi connectivity index (χ3v) is 2.22. The summed E-state index contributed by atoms with van der Waals surface area (Å²) in [4.78, 5) is 11.5. The summed E-state index contributed by atoms with van der Waals surface area (Å²) in [5, 5.41) is 6.88. The number of nitrogens with zero attached hydrogens (tertiary/aromatic N) is 1. The third kappa shape index (κ3) is 1.19. The number of aryl methyl sites for hydroxylation is 2. The predicted octanol–water partition coefficient (Wildman–Crippen LogP) is 1.68. The topological polar surface area (TPSA) is 45.8 Å². The highest BCUT2D eigenvalue weighted by Crippen LogP contribution is 2.13. The average molecular weight is 192 g/mol. The summed E-state index contributed by atoms with van der Waals surface area (Å²) >= 11 is 0. The molecule has 0 saturated heterocycles. The molecule has 1 N–H and O–H groups in total. The number of hydrogen-bond donors (Lipinski definition) is 1. The van der Waals surface area contributed by atoms with Crippen molar-refractivity contribution in [3.8, 4) is 0 Å². The van der Waals surface area contributed by atoms with Gasteiger partial charge in [0.2, 0.25) is 5.43 Å². The Balaban J connectivity index is 2.97. The van der Waals surface area contributed by atoms with Crippen molar-refractivity contribution in [3.05, 3.63) is 39.4 Å². The molecule has 0 unspecified atom stereocenters. The van der Waals surface area contributed by atoms with Gasteiger partial charge in [-0.25, -0.2) is 4.39 Å². The molecule has 3 nitrogen and oxygen atoms in total. The number of fused-ring (bicyclic) bond motifs is 1. The van der Waals surface area contributed by atoms with Gasteiger partial charge in [0.15, 0.2) is 0 Å². The molecule has 4 heteroatoms. The molecule has 1 aromatic carbocycles. The molecule has 0 bridgehead atoms. The van der Waals surface area contributed by atoms with E-state index in [9.17, 15) is 9.18 Å². The van der Waals surface area contributed by atoms with E-state index in [-0.39, 0.29) is 11.2 Å². The fourth-order valence-electron chi connectivity index (χ4n) is 1.35. The summed E-state index contributed by atoms with van der Waals surface area (Å²) in [6, 6.07) is 2.83. The highest BCUT2D eigenvalue weighted by atomic mass is 19.1. The number of aromatic amines is 1. The van der Waals surface area contributed by atoms with Crippen LogP contribution in [0.2, 0.25) is 0 Å². The van der Waals surface area contributed by atoms with Crippen molar-refractivity contribution in [1.29, 1.82) is 0 Å². The summed E-state index contributed by atoms with van der Waals surface area (Å²) in [6.07, 6.45) is 0. The van der Waals surface area contributed by atoms with Gasteiger partial charge in [-0.15, -0.1) is 0 Å². The lowest BCUT2D eigenvalue weighted by Crippen LogP contribution is -2.10. The van der Waals surface area contributed by atoms with Crippen molar-refractivity contribution in [2.24, 2.45) is 0 Å². The van der Waals surface area contributed by atoms with Gasteiger partial charge in [0, 0.05) is 0 Å². The van der Waals surface area contributed by atoms with Crippen LogP contribution in [0.3, 0.4) is 0 Å². The Labute approximate surface area is 79.6 Å². The zero-order chi connectivity index (χ0) is 10.3. The number of nitrogens with one attached hydrogen (secondary N) is 1. The van der Waals surface area contributed by atoms with Gasteiger partial charge in [-0.3, -0.25) is 9.89 Å². The molecular formula is C10H9FN2O. The quantitative estimate of drug-likeness (QED) is 0.690. The van der Waals surface area contributed by atoms with E-state index in [1.807, 2.05) is 0 Å². The summed E-state index contributed by atoms with van der Waals surface area (Å²) in [7, 11) is 0. The van der Waals surface area contributed by atoms with Crippen LogP contribution in [-0.4, -0.2) is 10.2 Å². The maximum Gasteiger partial charge on any atom is 0.210 e. The minimum Gasteiger partial charge on any atom is -0.287 e. The second-order valence-corrected chi connectivity index (χ2v) is 3.29. The van der Waals surface area contributed by atoms with Gasteiger partial charge in [-0.1, -0.05) is 0 Å². The first-order valence-corrected chi connectivity index (χ1v) is 4.25. The molecule has 2 rings (SSSR count). The SMILES string of the molecule is Cc1cc2[nH]nc(C)c(=O)c2cc1F. The summed E-state index contributed by atoms with van der Waals surface area (Å²) < 4.78 is 13.2. The van der Waals surface area contributed by atoms with Crippen LogP contribution in [0.15, 0.2) is 16.9 Å². The zero-order valence-corrected chi connectivity index (χ0v) is 7.89. The first-order chi connectivity index (χ1) is 6.59. The van der Waals surface area contributed by atoms with Gasteiger partial charge in [0.1, 0.15) is 11.5 Å². The van der Waals surface area contributed by atoms with Crippen molar-refractivity contribution in [3.63, 3.8) is 0 Å². The smallest absolute Gasteiger partial charge is 0.210 e. The highest BCUT2D eigenvalue weighted by Gasteiger charge is 2.06. The molecule has 0 fully saturated rings. The highest BCUT2D eigenvalue weighted by molar-refractivity contribution is 5.78. The summed E-state index contributed by atoms with van der Waals surface area (Å²) in [5.41, 5.74) is 1.19. The largest absolute Gasteiger partial charge is 0.287 e. The third-order valence-electron chi connectivity index (χ3n) is 2.22. The van der Waals surface area contributed by atoms with E-state index in [0.29, 0.717) is 22.2 Å². The number of benzene rings is 1. The van der Waals surface area contributed by atoms with E-state index >= 15 is 0 Å². The van der Waals surface area contributed by atoms with Crippen LogP contribution in [-0.2, 0) is 0 Å². The Hall–Kier alpha value is -1.71. The Kier molecular flexibility index (Phi) is 1.84. The van der Waals surface area contributed by atoms with E-state index < -0.39 is 0 Å². The van der Waals surface area contributed by atoms with Gasteiger partial charge in [0.25, 0.3) is 0 Å². The van der Waals surface area contributed by atoms with Crippen LogP contribution in [0.25, 0.3) is 10.9 Å². The molecule has 0 aliphatic carbocycles. The van der Waals surface area contributed by atoms with Crippen molar-refractivity contribution in [2.45, 2.75) is 13.8 Å². The van der Waals surface area contributed by atoms with Crippen molar-refractivity contribution in [2.75, 3.05) is 0 Å². The molecule has 72 valence electrons. The monoisotopic (exact) mass is 192 g/mol. The van der Waals surface area contributed by atoms with Gasteiger partial charge >= 0.3 is 0 Å². The molecule has 0 spiro atoms. The molecule has 14 heavy (non-hydrogen) atoms. The van der Waals surface area contributed by atoms with Crippen molar-refractivity contribution >= 4 is 10.9 Å². The van der Waals surface area contributed by atoms with Gasteiger partial charge in [-0.05, 0) is 31.5 Å². The summed E-state index contributed by atoms with van der Waals surface area (Å²) in [6.45, 7) is 3.24. The Morgan fingerprint density at radius 1 is 1.36 bits per heavy atom. The van der Waals surface area contributed by atoms with E-state index in [1.165, 1.54) is 6.07 Å². The lowest BCUT2D eigenvalue weighted by Gasteiger charge is -2.01. The molecule has 1 aromatic heterocycles. The van der Waals surface area contributed by atoms with Gasteiger partial charge in [0.05, 0.1) is 10.9 Å². The fourth-order valence-corrected chi connectivity index (χ4v) is 1.35. The lowest BCUT2D eigenvalue weighted by atomic mass is 10.1. The molecule has 0 amide bonds. The standard InChI is InChI=1S/C10H9FN2O/c1-5-3-9-7(4-8(5)11)10(14)6(2)12-13-9/h3-4H,1-2H3,(H,13,14). The van der Waals surface area contributed by atoms with Crippen LogP contribution in [0.4, 0.5) is 4.39 Å². The van der Waals surface area contributed by atoms with E-state index in [2.05, 4.69) is 10.2 Å². The predicted molar refractivity (Wildman–Crippen MR) is 51.8 cm³/mol. The van der Waals surface area contributed by atoms with Crippen LogP contribution >= 0.6 is 0 Å². The van der Waals surface area contributed by atoms with Crippen LogP contribution in [0.5, 0.6) is 0 Å². The van der Waals surface area contributed by atoms with Crippen LogP contribution in [0.1, 0.15) is 11.3 Å². The Bertz CT molecular complexity index is 560. The molecule has 0 aliphatic heterocycles. The molecular weight excluding hydrogens is 183 g/mol.